The van der Waals surface area contributed by atoms with Crippen LogP contribution in [-0.4, -0.2) is 28.1 Å². The molecule has 0 amide bonds. The average Bonchev–Trinajstić information content (AvgIpc) is 3.00. The van der Waals surface area contributed by atoms with Gasteiger partial charge in [-0.15, -0.1) is 5.10 Å². The minimum atomic E-state index is 0.406. The highest BCUT2D eigenvalue weighted by Gasteiger charge is 2.20. The fraction of sp³-hybridized carbons (Fsp3) is 0.333. The SMILES string of the molecule is Clc1ccc(-c2cnnn2C2CCNC2)cc1. The van der Waals surface area contributed by atoms with Crippen molar-refractivity contribution in [3.63, 3.8) is 0 Å². The zero-order chi connectivity index (χ0) is 11.7. The summed E-state index contributed by atoms with van der Waals surface area (Å²) in [5, 5.41) is 12.3. The van der Waals surface area contributed by atoms with Crippen molar-refractivity contribution in [2.75, 3.05) is 13.1 Å². The number of nitrogens with zero attached hydrogens (tertiary/aromatic N) is 3. The van der Waals surface area contributed by atoms with Crippen LogP contribution in [0.25, 0.3) is 11.3 Å². The van der Waals surface area contributed by atoms with Crippen LogP contribution in [0.2, 0.25) is 5.02 Å². The van der Waals surface area contributed by atoms with E-state index in [2.05, 4.69) is 15.6 Å². The van der Waals surface area contributed by atoms with Gasteiger partial charge in [0.25, 0.3) is 0 Å². The second-order valence-electron chi connectivity index (χ2n) is 4.22. The lowest BCUT2D eigenvalue weighted by Crippen LogP contribution is -2.15. The molecular weight excluding hydrogens is 236 g/mol. The van der Waals surface area contributed by atoms with Gasteiger partial charge in [-0.3, -0.25) is 0 Å². The first-order valence-corrected chi connectivity index (χ1v) is 6.09. The van der Waals surface area contributed by atoms with Crippen molar-refractivity contribution < 1.29 is 0 Å². The number of nitrogens with one attached hydrogen (secondary N) is 1. The molecule has 1 aliphatic rings. The summed E-state index contributed by atoms with van der Waals surface area (Å²) >= 11 is 5.89. The number of hydrogen-bond acceptors (Lipinski definition) is 3. The third kappa shape index (κ3) is 2.06. The first-order valence-electron chi connectivity index (χ1n) is 5.71. The normalized spacial score (nSPS) is 19.7. The van der Waals surface area contributed by atoms with Crippen molar-refractivity contribution >= 4 is 11.6 Å². The fourth-order valence-corrected chi connectivity index (χ4v) is 2.31. The molecule has 1 aromatic carbocycles. The molecule has 17 heavy (non-hydrogen) atoms. The predicted octanol–water partition coefficient (Wildman–Crippen LogP) is 2.13. The van der Waals surface area contributed by atoms with E-state index in [1.54, 1.807) is 0 Å². The van der Waals surface area contributed by atoms with E-state index in [0.29, 0.717) is 6.04 Å². The maximum Gasteiger partial charge on any atom is 0.0889 e. The zero-order valence-corrected chi connectivity index (χ0v) is 10.1. The van der Waals surface area contributed by atoms with Crippen LogP contribution in [0.1, 0.15) is 12.5 Å². The molecule has 5 heteroatoms. The van der Waals surface area contributed by atoms with Gasteiger partial charge in [-0.05, 0) is 25.1 Å². The molecule has 1 N–H and O–H groups in total. The van der Waals surface area contributed by atoms with Crippen molar-refractivity contribution in [3.05, 3.63) is 35.5 Å². The van der Waals surface area contributed by atoms with E-state index in [4.69, 9.17) is 11.6 Å². The number of hydrogen-bond donors (Lipinski definition) is 1. The number of halogens is 1. The summed E-state index contributed by atoms with van der Waals surface area (Å²) in [5.74, 6) is 0. The van der Waals surface area contributed by atoms with Gasteiger partial charge in [0.2, 0.25) is 0 Å². The largest absolute Gasteiger partial charge is 0.315 e. The standard InChI is InChI=1S/C12H13ClN4/c13-10-3-1-9(2-4-10)12-8-15-16-17(12)11-5-6-14-7-11/h1-4,8,11,14H,5-7H2. The van der Waals surface area contributed by atoms with Crippen LogP contribution in [0.3, 0.4) is 0 Å². The van der Waals surface area contributed by atoms with Crippen LogP contribution < -0.4 is 5.32 Å². The first kappa shape index (κ1) is 10.7. The highest BCUT2D eigenvalue weighted by molar-refractivity contribution is 6.30. The molecule has 88 valence electrons. The van der Waals surface area contributed by atoms with Gasteiger partial charge < -0.3 is 5.32 Å². The van der Waals surface area contributed by atoms with Crippen LogP contribution in [0.5, 0.6) is 0 Å². The summed E-state index contributed by atoms with van der Waals surface area (Å²) < 4.78 is 2.00. The Bertz CT molecular complexity index is 499. The Morgan fingerprint density at radius 1 is 1.29 bits per heavy atom. The van der Waals surface area contributed by atoms with Crippen molar-refractivity contribution in [2.24, 2.45) is 0 Å². The second kappa shape index (κ2) is 4.47. The Morgan fingerprint density at radius 3 is 2.82 bits per heavy atom. The van der Waals surface area contributed by atoms with Gasteiger partial charge in [-0.1, -0.05) is 28.9 Å². The van der Waals surface area contributed by atoms with E-state index in [1.165, 1.54) is 0 Å². The summed E-state index contributed by atoms with van der Waals surface area (Å²) in [5.41, 5.74) is 2.15. The summed E-state index contributed by atoms with van der Waals surface area (Å²) in [6.07, 6.45) is 2.91. The van der Waals surface area contributed by atoms with E-state index in [0.717, 1.165) is 35.8 Å². The molecule has 1 unspecified atom stereocenters. The lowest BCUT2D eigenvalue weighted by Gasteiger charge is -2.12. The quantitative estimate of drug-likeness (QED) is 0.886. The van der Waals surface area contributed by atoms with E-state index >= 15 is 0 Å². The van der Waals surface area contributed by atoms with Gasteiger partial charge in [0.05, 0.1) is 17.9 Å². The molecule has 0 spiro atoms. The fourth-order valence-electron chi connectivity index (χ4n) is 2.19. The Morgan fingerprint density at radius 2 is 2.12 bits per heavy atom. The van der Waals surface area contributed by atoms with Gasteiger partial charge in [0.15, 0.2) is 0 Å². The van der Waals surface area contributed by atoms with Gasteiger partial charge in [-0.2, -0.15) is 0 Å². The Balaban J connectivity index is 1.97. The molecule has 2 heterocycles. The molecule has 1 atom stereocenters. The third-order valence-corrected chi connectivity index (χ3v) is 3.35. The molecule has 0 radical (unpaired) electrons. The van der Waals surface area contributed by atoms with Gasteiger partial charge in [0, 0.05) is 17.1 Å². The molecular formula is C12H13ClN4. The van der Waals surface area contributed by atoms with Gasteiger partial charge in [0.1, 0.15) is 0 Å². The highest BCUT2D eigenvalue weighted by Crippen LogP contribution is 2.25. The summed E-state index contributed by atoms with van der Waals surface area (Å²) in [6, 6.07) is 8.19. The van der Waals surface area contributed by atoms with Gasteiger partial charge >= 0.3 is 0 Å². The Labute approximate surface area is 105 Å². The van der Waals surface area contributed by atoms with E-state index in [1.807, 2.05) is 35.1 Å². The molecule has 3 rings (SSSR count). The van der Waals surface area contributed by atoms with Crippen LogP contribution in [0, 0.1) is 0 Å². The third-order valence-electron chi connectivity index (χ3n) is 3.10. The molecule has 0 aliphatic carbocycles. The topological polar surface area (TPSA) is 42.7 Å². The van der Waals surface area contributed by atoms with Crippen molar-refractivity contribution in [3.8, 4) is 11.3 Å². The number of aromatic nitrogens is 3. The summed E-state index contributed by atoms with van der Waals surface area (Å²) in [6.45, 7) is 2.01. The molecule has 0 saturated carbocycles. The molecule has 1 saturated heterocycles. The molecule has 2 aromatic rings. The summed E-state index contributed by atoms with van der Waals surface area (Å²) in [7, 11) is 0. The smallest absolute Gasteiger partial charge is 0.0889 e. The Kier molecular flexibility index (Phi) is 2.82. The van der Waals surface area contributed by atoms with Crippen molar-refractivity contribution in [1.29, 1.82) is 0 Å². The Hall–Kier alpha value is -1.39. The lowest BCUT2D eigenvalue weighted by atomic mass is 10.1. The molecule has 1 aliphatic heterocycles. The number of benzene rings is 1. The molecule has 0 bridgehead atoms. The second-order valence-corrected chi connectivity index (χ2v) is 4.65. The van der Waals surface area contributed by atoms with Crippen molar-refractivity contribution in [1.82, 2.24) is 20.3 Å². The highest BCUT2D eigenvalue weighted by atomic mass is 35.5. The van der Waals surface area contributed by atoms with Crippen LogP contribution in [0.4, 0.5) is 0 Å². The summed E-state index contributed by atoms with van der Waals surface area (Å²) in [4.78, 5) is 0. The predicted molar refractivity (Wildman–Crippen MR) is 67.0 cm³/mol. The molecule has 4 nitrogen and oxygen atoms in total. The van der Waals surface area contributed by atoms with Crippen LogP contribution in [-0.2, 0) is 0 Å². The monoisotopic (exact) mass is 248 g/mol. The van der Waals surface area contributed by atoms with Crippen molar-refractivity contribution in [2.45, 2.75) is 12.5 Å². The molecule has 1 fully saturated rings. The first-order chi connectivity index (χ1) is 8.34. The minimum Gasteiger partial charge on any atom is -0.315 e. The van der Waals surface area contributed by atoms with E-state index in [-0.39, 0.29) is 0 Å². The van der Waals surface area contributed by atoms with Gasteiger partial charge in [-0.25, -0.2) is 4.68 Å². The van der Waals surface area contributed by atoms with Crippen LogP contribution >= 0.6 is 11.6 Å². The average molecular weight is 249 g/mol. The van der Waals surface area contributed by atoms with E-state index in [9.17, 15) is 0 Å². The molecule has 1 aromatic heterocycles. The zero-order valence-electron chi connectivity index (χ0n) is 9.31. The number of rotatable bonds is 2. The van der Waals surface area contributed by atoms with Crippen LogP contribution in [0.15, 0.2) is 30.5 Å². The maximum atomic E-state index is 5.89. The van der Waals surface area contributed by atoms with E-state index < -0.39 is 0 Å². The minimum absolute atomic E-state index is 0.406. The lowest BCUT2D eigenvalue weighted by molar-refractivity contribution is 0.481. The maximum absolute atomic E-state index is 5.89.